The molecule has 0 aliphatic heterocycles. The number of rotatable bonds is 1. The Bertz CT molecular complexity index is 560. The van der Waals surface area contributed by atoms with Crippen molar-refractivity contribution in [3.05, 3.63) is 40.4 Å². The Kier molecular flexibility index (Phi) is 2.26. The lowest BCUT2D eigenvalue weighted by molar-refractivity contribution is 0.540. The van der Waals surface area contributed by atoms with E-state index in [0.717, 1.165) is 0 Å². The number of nitrogens with zero attached hydrogens (tertiary/aromatic N) is 2. The van der Waals surface area contributed by atoms with E-state index < -0.39 is 5.82 Å². The minimum absolute atomic E-state index is 0.138. The Morgan fingerprint density at radius 2 is 2.13 bits per heavy atom. The standard InChI is InChI=1S/C11H11FN2O/c1-7(2)14-10-4-3-8(12)5-9(10)11(15)6-13-14/h3-7H,1-2H3. The lowest BCUT2D eigenvalue weighted by atomic mass is 10.2. The SMILES string of the molecule is CC(C)n1ncc(=O)c2cc(F)ccc21. The van der Waals surface area contributed by atoms with Crippen LogP contribution in [0.15, 0.2) is 29.2 Å². The largest absolute Gasteiger partial charge is 0.287 e. The van der Waals surface area contributed by atoms with Gasteiger partial charge < -0.3 is 0 Å². The molecular formula is C11H11FN2O. The fraction of sp³-hybridized carbons (Fsp3) is 0.273. The Hall–Kier alpha value is -1.71. The highest BCUT2D eigenvalue weighted by atomic mass is 19.1. The predicted octanol–water partition coefficient (Wildman–Crippen LogP) is 2.12. The van der Waals surface area contributed by atoms with Crippen LogP contribution in [0.3, 0.4) is 0 Å². The van der Waals surface area contributed by atoms with E-state index in [1.165, 1.54) is 18.3 Å². The van der Waals surface area contributed by atoms with Crippen molar-refractivity contribution in [1.82, 2.24) is 9.78 Å². The maximum atomic E-state index is 13.0. The lowest BCUT2D eigenvalue weighted by Gasteiger charge is -2.12. The van der Waals surface area contributed by atoms with Crippen molar-refractivity contribution in [1.29, 1.82) is 0 Å². The van der Waals surface area contributed by atoms with E-state index in [1.807, 2.05) is 13.8 Å². The number of fused-ring (bicyclic) bond motifs is 1. The van der Waals surface area contributed by atoms with E-state index in [2.05, 4.69) is 5.10 Å². The molecule has 0 N–H and O–H groups in total. The lowest BCUT2D eigenvalue weighted by Crippen LogP contribution is -2.14. The molecule has 15 heavy (non-hydrogen) atoms. The highest BCUT2D eigenvalue weighted by molar-refractivity contribution is 5.78. The van der Waals surface area contributed by atoms with Gasteiger partial charge in [-0.25, -0.2) is 4.39 Å². The van der Waals surface area contributed by atoms with E-state index in [1.54, 1.807) is 10.7 Å². The third-order valence-electron chi connectivity index (χ3n) is 2.26. The van der Waals surface area contributed by atoms with Crippen LogP contribution in [0.2, 0.25) is 0 Å². The van der Waals surface area contributed by atoms with E-state index >= 15 is 0 Å². The zero-order chi connectivity index (χ0) is 11.0. The van der Waals surface area contributed by atoms with E-state index in [4.69, 9.17) is 0 Å². The van der Waals surface area contributed by atoms with Crippen LogP contribution in [0.5, 0.6) is 0 Å². The van der Waals surface area contributed by atoms with Crippen LogP contribution in [0.1, 0.15) is 19.9 Å². The van der Waals surface area contributed by atoms with Gasteiger partial charge in [0, 0.05) is 6.04 Å². The molecule has 3 nitrogen and oxygen atoms in total. The molecule has 2 aromatic rings. The second kappa shape index (κ2) is 3.46. The summed E-state index contributed by atoms with van der Waals surface area (Å²) in [4.78, 5) is 11.5. The molecule has 0 atom stereocenters. The van der Waals surface area contributed by atoms with Crippen molar-refractivity contribution in [3.63, 3.8) is 0 Å². The summed E-state index contributed by atoms with van der Waals surface area (Å²) >= 11 is 0. The molecule has 78 valence electrons. The average molecular weight is 206 g/mol. The second-order valence-corrected chi connectivity index (χ2v) is 3.71. The van der Waals surface area contributed by atoms with Gasteiger partial charge in [0.2, 0.25) is 5.43 Å². The number of hydrogen-bond acceptors (Lipinski definition) is 2. The maximum absolute atomic E-state index is 13.0. The van der Waals surface area contributed by atoms with Crippen molar-refractivity contribution in [2.75, 3.05) is 0 Å². The number of hydrogen-bond donors (Lipinski definition) is 0. The molecule has 1 heterocycles. The van der Waals surface area contributed by atoms with Crippen LogP contribution in [0.4, 0.5) is 4.39 Å². The Morgan fingerprint density at radius 1 is 1.40 bits per heavy atom. The van der Waals surface area contributed by atoms with Crippen molar-refractivity contribution in [2.45, 2.75) is 19.9 Å². The van der Waals surface area contributed by atoms with Crippen LogP contribution >= 0.6 is 0 Å². The van der Waals surface area contributed by atoms with Crippen molar-refractivity contribution < 1.29 is 4.39 Å². The summed E-state index contributed by atoms with van der Waals surface area (Å²) in [5.41, 5.74) is 0.417. The van der Waals surface area contributed by atoms with E-state index in [9.17, 15) is 9.18 Å². The van der Waals surface area contributed by atoms with Gasteiger partial charge in [0.15, 0.2) is 0 Å². The van der Waals surface area contributed by atoms with Gasteiger partial charge in [0.25, 0.3) is 0 Å². The molecule has 0 amide bonds. The van der Waals surface area contributed by atoms with Crippen LogP contribution in [0.25, 0.3) is 10.9 Å². The maximum Gasteiger partial charge on any atom is 0.208 e. The van der Waals surface area contributed by atoms with Gasteiger partial charge in [-0.1, -0.05) is 0 Å². The second-order valence-electron chi connectivity index (χ2n) is 3.71. The molecule has 0 fully saturated rings. The monoisotopic (exact) mass is 206 g/mol. The third-order valence-corrected chi connectivity index (χ3v) is 2.26. The summed E-state index contributed by atoms with van der Waals surface area (Å²) in [6.45, 7) is 3.92. The molecule has 0 aliphatic carbocycles. The molecule has 1 aromatic carbocycles. The minimum atomic E-state index is -0.402. The Morgan fingerprint density at radius 3 is 2.80 bits per heavy atom. The third kappa shape index (κ3) is 1.63. The van der Waals surface area contributed by atoms with Crippen molar-refractivity contribution in [2.24, 2.45) is 0 Å². The topological polar surface area (TPSA) is 34.9 Å². The highest BCUT2D eigenvalue weighted by Crippen LogP contribution is 2.14. The molecule has 0 saturated heterocycles. The zero-order valence-corrected chi connectivity index (χ0v) is 8.57. The molecular weight excluding hydrogens is 195 g/mol. The summed E-state index contributed by atoms with van der Waals surface area (Å²) in [5, 5.41) is 4.39. The first-order chi connectivity index (χ1) is 7.09. The zero-order valence-electron chi connectivity index (χ0n) is 8.57. The first-order valence-corrected chi connectivity index (χ1v) is 4.76. The van der Waals surface area contributed by atoms with Crippen LogP contribution in [-0.4, -0.2) is 9.78 Å². The van der Waals surface area contributed by atoms with E-state index in [0.29, 0.717) is 10.9 Å². The van der Waals surface area contributed by atoms with Gasteiger partial charge in [-0.3, -0.25) is 9.48 Å². The number of halogens is 1. The van der Waals surface area contributed by atoms with Gasteiger partial charge in [0.1, 0.15) is 5.82 Å². The van der Waals surface area contributed by atoms with Crippen molar-refractivity contribution >= 4 is 10.9 Å². The van der Waals surface area contributed by atoms with Crippen molar-refractivity contribution in [3.8, 4) is 0 Å². The molecule has 0 saturated carbocycles. The predicted molar refractivity (Wildman–Crippen MR) is 56.3 cm³/mol. The van der Waals surface area contributed by atoms with Gasteiger partial charge in [-0.2, -0.15) is 5.10 Å². The summed E-state index contributed by atoms with van der Waals surface area (Å²) in [5.74, 6) is -0.402. The molecule has 0 radical (unpaired) electrons. The van der Waals surface area contributed by atoms with Crippen LogP contribution in [0, 0.1) is 5.82 Å². The summed E-state index contributed by atoms with van der Waals surface area (Å²) in [7, 11) is 0. The molecule has 0 bridgehead atoms. The summed E-state index contributed by atoms with van der Waals surface area (Å²) in [6.07, 6.45) is 1.22. The molecule has 2 rings (SSSR count). The average Bonchev–Trinajstić information content (AvgIpc) is 2.19. The highest BCUT2D eigenvalue weighted by Gasteiger charge is 2.07. The fourth-order valence-electron chi connectivity index (χ4n) is 1.56. The van der Waals surface area contributed by atoms with Gasteiger partial charge in [0.05, 0.1) is 17.1 Å². The summed E-state index contributed by atoms with van der Waals surface area (Å²) in [6, 6.07) is 4.30. The van der Waals surface area contributed by atoms with Crippen LogP contribution < -0.4 is 5.43 Å². The normalized spacial score (nSPS) is 11.2. The molecule has 1 aromatic heterocycles. The number of aromatic nitrogens is 2. The quantitative estimate of drug-likeness (QED) is 0.716. The van der Waals surface area contributed by atoms with Gasteiger partial charge in [-0.15, -0.1) is 0 Å². The smallest absolute Gasteiger partial charge is 0.208 e. The van der Waals surface area contributed by atoms with Gasteiger partial charge >= 0.3 is 0 Å². The molecule has 0 spiro atoms. The van der Waals surface area contributed by atoms with E-state index in [-0.39, 0.29) is 11.5 Å². The van der Waals surface area contributed by atoms with Gasteiger partial charge in [-0.05, 0) is 32.0 Å². The fourth-order valence-corrected chi connectivity index (χ4v) is 1.56. The van der Waals surface area contributed by atoms with Crippen LogP contribution in [-0.2, 0) is 0 Å². The molecule has 4 heteroatoms. The first-order valence-electron chi connectivity index (χ1n) is 4.76. The molecule has 0 unspecified atom stereocenters. The summed E-state index contributed by atoms with van der Waals surface area (Å²) < 4.78 is 14.7. The Labute approximate surface area is 86.2 Å². The first kappa shape index (κ1) is 9.83. The number of benzene rings is 1. The minimum Gasteiger partial charge on any atom is -0.287 e. The Balaban J connectivity index is 2.89. The molecule has 0 aliphatic rings.